The number of rotatable bonds is 5. The number of fused-ring (bicyclic) bond motifs is 1. The fourth-order valence-electron chi connectivity index (χ4n) is 3.01. The van der Waals surface area contributed by atoms with Gasteiger partial charge in [-0.05, 0) is 48.0 Å². The van der Waals surface area contributed by atoms with Crippen LogP contribution in [0.1, 0.15) is 17.0 Å². The number of nitrogens with one attached hydrogen (secondary N) is 1. The molecule has 1 atom stereocenters. The summed E-state index contributed by atoms with van der Waals surface area (Å²) in [5, 5.41) is 2.96. The van der Waals surface area contributed by atoms with E-state index in [1.165, 1.54) is 12.1 Å². The van der Waals surface area contributed by atoms with E-state index in [2.05, 4.69) is 5.32 Å². The van der Waals surface area contributed by atoms with Gasteiger partial charge in [0.25, 0.3) is 0 Å². The van der Waals surface area contributed by atoms with Crippen molar-refractivity contribution < 1.29 is 18.7 Å². The molecule has 0 aromatic heterocycles. The van der Waals surface area contributed by atoms with E-state index in [0.29, 0.717) is 24.7 Å². The minimum Gasteiger partial charge on any atom is -0.492 e. The fourth-order valence-corrected chi connectivity index (χ4v) is 3.01. The molecule has 5 heteroatoms. The molecular formula is C22H18FNO3. The Morgan fingerprint density at radius 2 is 1.67 bits per heavy atom. The van der Waals surface area contributed by atoms with Crippen LogP contribution in [0.5, 0.6) is 17.2 Å². The van der Waals surface area contributed by atoms with Crippen molar-refractivity contribution in [2.75, 3.05) is 6.61 Å². The Kier molecular flexibility index (Phi) is 4.75. The molecule has 0 saturated carbocycles. The van der Waals surface area contributed by atoms with Gasteiger partial charge in [0.05, 0.1) is 0 Å². The topological polar surface area (TPSA) is 47.6 Å². The molecule has 1 N–H and O–H groups in total. The highest BCUT2D eigenvalue weighted by atomic mass is 19.1. The van der Waals surface area contributed by atoms with Gasteiger partial charge in [-0.3, -0.25) is 4.79 Å². The molecule has 4 nitrogen and oxygen atoms in total. The van der Waals surface area contributed by atoms with Crippen molar-refractivity contribution in [1.29, 1.82) is 0 Å². The number of halogens is 1. The van der Waals surface area contributed by atoms with Gasteiger partial charge in [0.2, 0.25) is 5.91 Å². The maximum Gasteiger partial charge on any atom is 0.231 e. The van der Waals surface area contributed by atoms with E-state index in [0.717, 1.165) is 16.9 Å². The fraction of sp³-hybridized carbons (Fsp3) is 0.136. The Bertz CT molecular complexity index is 939. The minimum absolute atomic E-state index is 0.0495. The summed E-state index contributed by atoms with van der Waals surface area (Å²) >= 11 is 0. The van der Waals surface area contributed by atoms with Crippen molar-refractivity contribution in [3.63, 3.8) is 0 Å². The van der Waals surface area contributed by atoms with E-state index >= 15 is 0 Å². The van der Waals surface area contributed by atoms with Crippen molar-refractivity contribution in [2.45, 2.75) is 12.5 Å². The van der Waals surface area contributed by atoms with Crippen LogP contribution in [0.25, 0.3) is 0 Å². The normalized spacial score (nSPS) is 14.9. The first-order valence-electron chi connectivity index (χ1n) is 8.71. The lowest BCUT2D eigenvalue weighted by molar-refractivity contribution is -0.122. The molecule has 1 heterocycles. The van der Waals surface area contributed by atoms with Crippen LogP contribution in [0.15, 0.2) is 72.8 Å². The highest BCUT2D eigenvalue weighted by Crippen LogP contribution is 2.33. The number of amides is 1. The van der Waals surface area contributed by atoms with Crippen molar-refractivity contribution in [1.82, 2.24) is 5.32 Å². The second-order valence-electron chi connectivity index (χ2n) is 6.32. The van der Waals surface area contributed by atoms with Crippen LogP contribution in [0.2, 0.25) is 0 Å². The molecule has 0 bridgehead atoms. The largest absolute Gasteiger partial charge is 0.492 e. The van der Waals surface area contributed by atoms with E-state index in [-0.39, 0.29) is 17.6 Å². The summed E-state index contributed by atoms with van der Waals surface area (Å²) in [7, 11) is 0. The van der Waals surface area contributed by atoms with Crippen molar-refractivity contribution in [3.05, 3.63) is 89.7 Å². The standard InChI is InChI=1S/C22H18FNO3/c23-16-7-11-18(12-8-16)27-17-9-5-15(6-10-17)13-24-22(25)20-14-26-21-4-2-1-3-19(20)21/h1-12,20H,13-14H2,(H,24,25). The lowest BCUT2D eigenvalue weighted by Gasteiger charge is -2.11. The maximum absolute atomic E-state index is 12.9. The van der Waals surface area contributed by atoms with Crippen molar-refractivity contribution in [3.8, 4) is 17.2 Å². The minimum atomic E-state index is -0.302. The van der Waals surface area contributed by atoms with Gasteiger partial charge in [-0.1, -0.05) is 30.3 Å². The van der Waals surface area contributed by atoms with Gasteiger partial charge in [-0.25, -0.2) is 4.39 Å². The molecule has 1 aliphatic rings. The molecule has 3 aromatic carbocycles. The van der Waals surface area contributed by atoms with Crippen LogP contribution in [-0.4, -0.2) is 12.5 Å². The van der Waals surface area contributed by atoms with Gasteiger partial charge in [0.15, 0.2) is 0 Å². The Labute approximate surface area is 156 Å². The van der Waals surface area contributed by atoms with Crippen LogP contribution in [0, 0.1) is 5.82 Å². The zero-order valence-electron chi connectivity index (χ0n) is 14.5. The first-order chi connectivity index (χ1) is 13.2. The summed E-state index contributed by atoms with van der Waals surface area (Å²) in [6.07, 6.45) is 0. The third-order valence-corrected chi connectivity index (χ3v) is 4.46. The number of hydrogen-bond donors (Lipinski definition) is 1. The Hall–Kier alpha value is -3.34. The maximum atomic E-state index is 12.9. The second-order valence-corrected chi connectivity index (χ2v) is 6.32. The average molecular weight is 363 g/mol. The first-order valence-corrected chi connectivity index (χ1v) is 8.71. The number of hydrogen-bond acceptors (Lipinski definition) is 3. The van der Waals surface area contributed by atoms with Gasteiger partial charge in [0, 0.05) is 12.1 Å². The van der Waals surface area contributed by atoms with Crippen molar-refractivity contribution >= 4 is 5.91 Å². The molecule has 4 rings (SSSR count). The van der Waals surface area contributed by atoms with Gasteiger partial charge in [0.1, 0.15) is 35.6 Å². The zero-order chi connectivity index (χ0) is 18.6. The van der Waals surface area contributed by atoms with Gasteiger partial charge >= 0.3 is 0 Å². The quantitative estimate of drug-likeness (QED) is 0.730. The van der Waals surface area contributed by atoms with Crippen LogP contribution in [0.4, 0.5) is 4.39 Å². The SMILES string of the molecule is O=C(NCc1ccc(Oc2ccc(F)cc2)cc1)C1COc2ccccc21. The summed E-state index contributed by atoms with van der Waals surface area (Å²) in [6, 6.07) is 20.9. The van der Waals surface area contributed by atoms with Gasteiger partial charge < -0.3 is 14.8 Å². The Morgan fingerprint density at radius 1 is 1.00 bits per heavy atom. The molecule has 1 aliphatic heterocycles. The predicted molar refractivity (Wildman–Crippen MR) is 99.4 cm³/mol. The highest BCUT2D eigenvalue weighted by molar-refractivity contribution is 5.85. The molecule has 0 aliphatic carbocycles. The van der Waals surface area contributed by atoms with Gasteiger partial charge in [-0.15, -0.1) is 0 Å². The lowest BCUT2D eigenvalue weighted by atomic mass is 10.0. The smallest absolute Gasteiger partial charge is 0.231 e. The number of ether oxygens (including phenoxy) is 2. The molecule has 0 fully saturated rings. The molecular weight excluding hydrogens is 345 g/mol. The molecule has 136 valence electrons. The summed E-state index contributed by atoms with van der Waals surface area (Å²) in [5.74, 6) is 1.37. The summed E-state index contributed by atoms with van der Waals surface area (Å²) in [6.45, 7) is 0.796. The van der Waals surface area contributed by atoms with E-state index in [1.807, 2.05) is 48.5 Å². The number of carbonyl (C=O) groups excluding carboxylic acids is 1. The molecule has 3 aromatic rings. The second kappa shape index (κ2) is 7.50. The van der Waals surface area contributed by atoms with Crippen LogP contribution >= 0.6 is 0 Å². The monoisotopic (exact) mass is 363 g/mol. The summed E-state index contributed by atoms with van der Waals surface area (Å²) in [5.41, 5.74) is 1.89. The van der Waals surface area contributed by atoms with Gasteiger partial charge in [-0.2, -0.15) is 0 Å². The molecule has 27 heavy (non-hydrogen) atoms. The van der Waals surface area contributed by atoms with Crippen LogP contribution in [0.3, 0.4) is 0 Å². The zero-order valence-corrected chi connectivity index (χ0v) is 14.5. The third kappa shape index (κ3) is 3.92. The average Bonchev–Trinajstić information content (AvgIpc) is 3.13. The van der Waals surface area contributed by atoms with E-state index in [1.54, 1.807) is 12.1 Å². The molecule has 1 amide bonds. The summed E-state index contributed by atoms with van der Waals surface area (Å²) < 4.78 is 24.2. The number of benzene rings is 3. The van der Waals surface area contributed by atoms with Crippen molar-refractivity contribution in [2.24, 2.45) is 0 Å². The van der Waals surface area contributed by atoms with E-state index < -0.39 is 0 Å². The summed E-state index contributed by atoms with van der Waals surface area (Å²) in [4.78, 5) is 12.5. The number of para-hydroxylation sites is 1. The number of carbonyl (C=O) groups is 1. The molecule has 0 radical (unpaired) electrons. The van der Waals surface area contributed by atoms with E-state index in [9.17, 15) is 9.18 Å². The highest BCUT2D eigenvalue weighted by Gasteiger charge is 2.29. The third-order valence-electron chi connectivity index (χ3n) is 4.46. The lowest BCUT2D eigenvalue weighted by Crippen LogP contribution is -2.29. The van der Waals surface area contributed by atoms with Crippen LogP contribution < -0.4 is 14.8 Å². The molecule has 0 saturated heterocycles. The van der Waals surface area contributed by atoms with Crippen LogP contribution in [-0.2, 0) is 11.3 Å². The van der Waals surface area contributed by atoms with E-state index in [4.69, 9.17) is 9.47 Å². The predicted octanol–water partition coefficient (Wildman–Crippen LogP) is 4.41. The molecule has 0 spiro atoms. The first kappa shape index (κ1) is 17.1. The Morgan fingerprint density at radius 3 is 2.41 bits per heavy atom. The Balaban J connectivity index is 1.34. The molecule has 1 unspecified atom stereocenters.